The Morgan fingerprint density at radius 3 is 2.82 bits per heavy atom. The predicted octanol–water partition coefficient (Wildman–Crippen LogP) is 3.27. The lowest BCUT2D eigenvalue weighted by molar-refractivity contribution is -0.121. The normalized spacial score (nSPS) is 14.4. The van der Waals surface area contributed by atoms with Crippen molar-refractivity contribution in [1.29, 1.82) is 0 Å². The van der Waals surface area contributed by atoms with Crippen LogP contribution in [0.25, 0.3) is 16.4 Å². The van der Waals surface area contributed by atoms with Crippen LogP contribution in [0.5, 0.6) is 0 Å². The molecule has 1 amide bonds. The van der Waals surface area contributed by atoms with Crippen LogP contribution in [0.2, 0.25) is 0 Å². The second-order valence-electron chi connectivity index (χ2n) is 7.65. The van der Waals surface area contributed by atoms with Crippen LogP contribution >= 0.6 is 0 Å². The van der Waals surface area contributed by atoms with E-state index in [1.807, 2.05) is 36.4 Å². The molecular weight excluding hydrogens is 352 g/mol. The molecule has 28 heavy (non-hydrogen) atoms. The van der Waals surface area contributed by atoms with Crippen molar-refractivity contribution < 1.29 is 4.79 Å². The third-order valence-electron chi connectivity index (χ3n) is 5.45. The molecule has 0 fully saturated rings. The molecule has 4 rings (SSSR count). The smallest absolute Gasteiger partial charge is 0.291 e. The minimum absolute atomic E-state index is 0.0597. The first-order valence-electron chi connectivity index (χ1n) is 9.97. The average Bonchev–Trinajstić information content (AvgIpc) is 3.06. The van der Waals surface area contributed by atoms with E-state index in [1.54, 1.807) is 0 Å². The number of hydrogen-bond donors (Lipinski definition) is 1. The van der Waals surface area contributed by atoms with Gasteiger partial charge in [0.1, 0.15) is 17.9 Å². The second-order valence-corrected chi connectivity index (χ2v) is 7.65. The topological polar surface area (TPSA) is 68.4 Å². The summed E-state index contributed by atoms with van der Waals surface area (Å²) in [6, 6.07) is 7.96. The van der Waals surface area contributed by atoms with Gasteiger partial charge in [0.2, 0.25) is 5.91 Å². The van der Waals surface area contributed by atoms with E-state index in [-0.39, 0.29) is 18.0 Å². The highest BCUT2D eigenvalue weighted by Gasteiger charge is 2.14. The highest BCUT2D eigenvalue weighted by molar-refractivity contribution is 5.87. The summed E-state index contributed by atoms with van der Waals surface area (Å²) in [6.07, 6.45) is 7.96. The standard InChI is InChI=1S/C22H26N4O2/c1-15-8-9-19-18(12-15)13-20-22(28)25(24-16(2)26(19)20)14-21(27)23-11-10-17-6-4-3-5-7-17/h6,8-9,12-13H,3-5,7,10-11,14H2,1-2H3,(H,23,27). The highest BCUT2D eigenvalue weighted by atomic mass is 16.2. The third-order valence-corrected chi connectivity index (χ3v) is 5.45. The van der Waals surface area contributed by atoms with Gasteiger partial charge in [-0.15, -0.1) is 0 Å². The molecule has 2 aromatic heterocycles. The Labute approximate surface area is 163 Å². The Kier molecular flexibility index (Phi) is 5.03. The van der Waals surface area contributed by atoms with Gasteiger partial charge >= 0.3 is 0 Å². The summed E-state index contributed by atoms with van der Waals surface area (Å²) >= 11 is 0. The zero-order valence-electron chi connectivity index (χ0n) is 16.5. The molecule has 0 spiro atoms. The Bertz CT molecular complexity index is 1140. The predicted molar refractivity (Wildman–Crippen MR) is 111 cm³/mol. The van der Waals surface area contributed by atoms with Gasteiger partial charge in [0.15, 0.2) is 0 Å². The number of aromatic nitrogens is 3. The van der Waals surface area contributed by atoms with E-state index in [9.17, 15) is 9.59 Å². The number of benzene rings is 1. The number of aryl methyl sites for hydroxylation is 2. The van der Waals surface area contributed by atoms with Crippen molar-refractivity contribution in [3.8, 4) is 0 Å². The molecule has 1 aliphatic carbocycles. The fourth-order valence-electron chi connectivity index (χ4n) is 4.03. The second kappa shape index (κ2) is 7.62. The van der Waals surface area contributed by atoms with Gasteiger partial charge in [-0.1, -0.05) is 23.3 Å². The minimum Gasteiger partial charge on any atom is -0.354 e. The van der Waals surface area contributed by atoms with Crippen molar-refractivity contribution in [2.75, 3.05) is 6.54 Å². The Balaban J connectivity index is 1.53. The summed E-state index contributed by atoms with van der Waals surface area (Å²) in [6.45, 7) is 4.43. The number of rotatable bonds is 5. The van der Waals surface area contributed by atoms with Crippen LogP contribution in [-0.2, 0) is 11.3 Å². The summed E-state index contributed by atoms with van der Waals surface area (Å²) in [5.41, 5.74) is 3.83. The number of nitrogens with one attached hydrogen (secondary N) is 1. The van der Waals surface area contributed by atoms with Crippen molar-refractivity contribution in [1.82, 2.24) is 19.5 Å². The minimum atomic E-state index is -0.246. The number of carbonyl (C=O) groups excluding carboxylic acids is 1. The quantitative estimate of drug-likeness (QED) is 0.693. The SMILES string of the molecule is Cc1ccc2c(c1)cc1c(=O)n(CC(=O)NCCC3=CCCCC3)nc(C)n12. The molecule has 146 valence electrons. The van der Waals surface area contributed by atoms with Crippen molar-refractivity contribution in [2.45, 2.75) is 52.5 Å². The number of allylic oxidation sites excluding steroid dienone is 1. The van der Waals surface area contributed by atoms with Gasteiger partial charge in [-0.2, -0.15) is 5.10 Å². The Morgan fingerprint density at radius 1 is 1.18 bits per heavy atom. The van der Waals surface area contributed by atoms with Crippen LogP contribution in [0, 0.1) is 13.8 Å². The molecular formula is C22H26N4O2. The molecule has 0 saturated heterocycles. The molecule has 0 radical (unpaired) electrons. The lowest BCUT2D eigenvalue weighted by Gasteiger charge is -2.13. The summed E-state index contributed by atoms with van der Waals surface area (Å²) in [7, 11) is 0. The summed E-state index contributed by atoms with van der Waals surface area (Å²) in [5.74, 6) is 0.510. The van der Waals surface area contributed by atoms with Gasteiger partial charge in [-0.05, 0) is 64.2 Å². The van der Waals surface area contributed by atoms with Crippen LogP contribution in [0.3, 0.4) is 0 Å². The fraction of sp³-hybridized carbons (Fsp3) is 0.409. The molecule has 1 aliphatic rings. The summed E-state index contributed by atoms with van der Waals surface area (Å²) in [4.78, 5) is 25.2. The van der Waals surface area contributed by atoms with E-state index in [2.05, 4.69) is 22.6 Å². The van der Waals surface area contributed by atoms with Gasteiger partial charge in [0, 0.05) is 11.9 Å². The van der Waals surface area contributed by atoms with Crippen molar-refractivity contribution in [3.05, 3.63) is 57.7 Å². The molecule has 0 bridgehead atoms. The molecule has 0 unspecified atom stereocenters. The first kappa shape index (κ1) is 18.5. The average molecular weight is 378 g/mol. The molecule has 0 atom stereocenters. The van der Waals surface area contributed by atoms with E-state index in [4.69, 9.17) is 0 Å². The first-order valence-corrected chi connectivity index (χ1v) is 9.97. The molecule has 6 nitrogen and oxygen atoms in total. The number of hydrogen-bond acceptors (Lipinski definition) is 3. The van der Waals surface area contributed by atoms with E-state index >= 15 is 0 Å². The maximum absolute atomic E-state index is 12.9. The molecule has 6 heteroatoms. The van der Waals surface area contributed by atoms with Gasteiger partial charge in [-0.3, -0.25) is 14.0 Å². The monoisotopic (exact) mass is 378 g/mol. The lowest BCUT2D eigenvalue weighted by atomic mass is 9.97. The van der Waals surface area contributed by atoms with Crippen LogP contribution in [0.1, 0.15) is 43.5 Å². The van der Waals surface area contributed by atoms with E-state index < -0.39 is 0 Å². The summed E-state index contributed by atoms with van der Waals surface area (Å²) < 4.78 is 3.13. The molecule has 2 heterocycles. The van der Waals surface area contributed by atoms with E-state index in [1.165, 1.54) is 23.1 Å². The molecule has 1 aromatic carbocycles. The van der Waals surface area contributed by atoms with Gasteiger partial charge < -0.3 is 5.32 Å². The molecule has 3 aromatic rings. The van der Waals surface area contributed by atoms with Crippen molar-refractivity contribution >= 4 is 22.3 Å². The zero-order valence-corrected chi connectivity index (χ0v) is 16.5. The van der Waals surface area contributed by atoms with E-state index in [0.29, 0.717) is 17.9 Å². The number of nitrogens with zero attached hydrogens (tertiary/aromatic N) is 3. The number of amides is 1. The number of carbonyl (C=O) groups is 1. The van der Waals surface area contributed by atoms with Gasteiger partial charge in [0.05, 0.1) is 5.52 Å². The highest BCUT2D eigenvalue weighted by Crippen LogP contribution is 2.21. The number of fused-ring (bicyclic) bond motifs is 3. The molecule has 1 N–H and O–H groups in total. The molecule has 0 saturated carbocycles. The zero-order chi connectivity index (χ0) is 19.7. The van der Waals surface area contributed by atoms with Crippen LogP contribution in [0.15, 0.2) is 40.7 Å². The first-order chi connectivity index (χ1) is 13.5. The molecule has 0 aliphatic heterocycles. The van der Waals surface area contributed by atoms with Crippen LogP contribution < -0.4 is 10.9 Å². The maximum Gasteiger partial charge on any atom is 0.291 e. The van der Waals surface area contributed by atoms with E-state index in [0.717, 1.165) is 35.7 Å². The maximum atomic E-state index is 12.9. The van der Waals surface area contributed by atoms with Crippen molar-refractivity contribution in [3.63, 3.8) is 0 Å². The van der Waals surface area contributed by atoms with Gasteiger partial charge in [-0.25, -0.2) is 4.68 Å². The Hall–Kier alpha value is -2.89. The van der Waals surface area contributed by atoms with Gasteiger partial charge in [0.25, 0.3) is 5.56 Å². The fourth-order valence-corrected chi connectivity index (χ4v) is 4.03. The largest absolute Gasteiger partial charge is 0.354 e. The van der Waals surface area contributed by atoms with Crippen LogP contribution in [-0.4, -0.2) is 26.6 Å². The van der Waals surface area contributed by atoms with Crippen molar-refractivity contribution in [2.24, 2.45) is 0 Å². The Morgan fingerprint density at radius 2 is 2.04 bits per heavy atom. The lowest BCUT2D eigenvalue weighted by Crippen LogP contribution is -2.35. The third kappa shape index (κ3) is 3.59. The van der Waals surface area contributed by atoms with Crippen LogP contribution in [0.4, 0.5) is 0 Å². The summed E-state index contributed by atoms with van der Waals surface area (Å²) in [5, 5.41) is 8.30.